The Morgan fingerprint density at radius 2 is 2.00 bits per heavy atom. The van der Waals surface area contributed by atoms with Crippen LogP contribution in [0.1, 0.15) is 54.6 Å². The molecule has 0 radical (unpaired) electrons. The standard InChI is InChI=1S/C25H31ClFN5O2/c1-16-12-21(27)23-22(16)24(30-15-29-23)31-7-9-32(10-8-31)25(33)20(13-28-19-6-11-34-14-19)17-2-4-18(26)5-3-17/h2-5,15-16,19-21,28H,6-14H2,1H3/t16-,19?,20-,21+/m1/s1. The fourth-order valence-corrected chi connectivity index (χ4v) is 5.42. The zero-order chi connectivity index (χ0) is 23.7. The van der Waals surface area contributed by atoms with Crippen molar-refractivity contribution in [1.82, 2.24) is 20.2 Å². The van der Waals surface area contributed by atoms with Crippen LogP contribution < -0.4 is 10.2 Å². The molecule has 0 bridgehead atoms. The number of nitrogens with one attached hydrogen (secondary N) is 1. The SMILES string of the molecule is C[C@@H]1C[C@H](F)c2ncnc(N3CCN(C(=O)[C@H](CNC4CCOC4)c4ccc(Cl)cc4)CC3)c21. The molecule has 3 aliphatic rings. The molecule has 0 spiro atoms. The first-order valence-corrected chi connectivity index (χ1v) is 12.5. The summed E-state index contributed by atoms with van der Waals surface area (Å²) in [5.41, 5.74) is 2.41. The van der Waals surface area contributed by atoms with E-state index in [0.717, 1.165) is 30.0 Å². The number of fused-ring (bicyclic) bond motifs is 1. The maximum Gasteiger partial charge on any atom is 0.231 e. The maximum absolute atomic E-state index is 14.4. The molecular formula is C25H31ClFN5O2. The smallest absolute Gasteiger partial charge is 0.231 e. The molecule has 1 amide bonds. The number of nitrogens with zero attached hydrogens (tertiary/aromatic N) is 4. The molecule has 1 aromatic carbocycles. The Morgan fingerprint density at radius 3 is 2.71 bits per heavy atom. The average molecular weight is 488 g/mol. The predicted octanol–water partition coefficient (Wildman–Crippen LogP) is 3.46. The van der Waals surface area contributed by atoms with Gasteiger partial charge in [0.15, 0.2) is 0 Å². The molecule has 2 aliphatic heterocycles. The third-order valence-corrected chi connectivity index (χ3v) is 7.50. The van der Waals surface area contributed by atoms with Crippen molar-refractivity contribution in [3.8, 4) is 0 Å². The summed E-state index contributed by atoms with van der Waals surface area (Å²) in [7, 11) is 0. The fraction of sp³-hybridized carbons (Fsp3) is 0.560. The third kappa shape index (κ3) is 4.76. The average Bonchev–Trinajstić information content (AvgIpc) is 3.48. The maximum atomic E-state index is 14.4. The van der Waals surface area contributed by atoms with E-state index in [9.17, 15) is 9.18 Å². The van der Waals surface area contributed by atoms with Crippen LogP contribution in [0, 0.1) is 0 Å². The van der Waals surface area contributed by atoms with Crippen LogP contribution in [0.15, 0.2) is 30.6 Å². The summed E-state index contributed by atoms with van der Waals surface area (Å²) in [6.07, 6.45) is 1.86. The van der Waals surface area contributed by atoms with Gasteiger partial charge >= 0.3 is 0 Å². The fourth-order valence-electron chi connectivity index (χ4n) is 5.30. The molecule has 34 heavy (non-hydrogen) atoms. The number of carbonyl (C=O) groups excluding carboxylic acids is 1. The van der Waals surface area contributed by atoms with E-state index < -0.39 is 6.17 Å². The second-order valence-electron chi connectivity index (χ2n) is 9.49. The van der Waals surface area contributed by atoms with Gasteiger partial charge in [-0.15, -0.1) is 0 Å². The van der Waals surface area contributed by atoms with Crippen molar-refractivity contribution in [3.63, 3.8) is 0 Å². The number of hydrogen-bond acceptors (Lipinski definition) is 6. The van der Waals surface area contributed by atoms with Gasteiger partial charge in [-0.2, -0.15) is 0 Å². The Bertz CT molecular complexity index is 1010. The number of benzene rings is 1. The molecule has 9 heteroatoms. The Kier molecular flexibility index (Phi) is 6.99. The van der Waals surface area contributed by atoms with Gasteiger partial charge in [-0.25, -0.2) is 14.4 Å². The monoisotopic (exact) mass is 487 g/mol. The largest absolute Gasteiger partial charge is 0.380 e. The van der Waals surface area contributed by atoms with Crippen molar-refractivity contribution >= 4 is 23.3 Å². The zero-order valence-corrected chi connectivity index (χ0v) is 20.2. The number of anilines is 1. The van der Waals surface area contributed by atoms with Gasteiger partial charge in [0.1, 0.15) is 18.3 Å². The van der Waals surface area contributed by atoms with Gasteiger partial charge in [-0.1, -0.05) is 30.7 Å². The molecule has 5 rings (SSSR count). The molecule has 1 aromatic heterocycles. The van der Waals surface area contributed by atoms with Crippen LogP contribution in [0.2, 0.25) is 5.02 Å². The summed E-state index contributed by atoms with van der Waals surface area (Å²) in [5, 5.41) is 4.17. The normalized spacial score (nSPS) is 25.4. The summed E-state index contributed by atoms with van der Waals surface area (Å²) in [5.74, 6) is 0.737. The second-order valence-corrected chi connectivity index (χ2v) is 9.92. The van der Waals surface area contributed by atoms with Crippen molar-refractivity contribution in [1.29, 1.82) is 0 Å². The van der Waals surface area contributed by atoms with Crippen molar-refractivity contribution in [2.24, 2.45) is 0 Å². The lowest BCUT2D eigenvalue weighted by molar-refractivity contribution is -0.133. The molecule has 2 fully saturated rings. The molecule has 182 valence electrons. The summed E-state index contributed by atoms with van der Waals surface area (Å²) < 4.78 is 19.8. The summed E-state index contributed by atoms with van der Waals surface area (Å²) in [6, 6.07) is 7.83. The van der Waals surface area contributed by atoms with E-state index in [4.69, 9.17) is 16.3 Å². The number of piperazine rings is 1. The topological polar surface area (TPSA) is 70.6 Å². The number of rotatable bonds is 6. The number of amides is 1. The quantitative estimate of drug-likeness (QED) is 0.673. The number of carbonyl (C=O) groups is 1. The first kappa shape index (κ1) is 23.5. The van der Waals surface area contributed by atoms with Gasteiger partial charge < -0.3 is 19.9 Å². The molecular weight excluding hydrogens is 457 g/mol. The van der Waals surface area contributed by atoms with Crippen LogP contribution in [0.4, 0.5) is 10.2 Å². The Balaban J connectivity index is 1.28. The van der Waals surface area contributed by atoms with Crippen LogP contribution in [-0.2, 0) is 9.53 Å². The molecule has 4 atom stereocenters. The molecule has 1 aliphatic carbocycles. The number of halogens is 2. The summed E-state index contributed by atoms with van der Waals surface area (Å²) >= 11 is 6.09. The van der Waals surface area contributed by atoms with Gasteiger partial charge in [0.05, 0.1) is 18.2 Å². The number of hydrogen-bond donors (Lipinski definition) is 1. The predicted molar refractivity (Wildman–Crippen MR) is 129 cm³/mol. The lowest BCUT2D eigenvalue weighted by Gasteiger charge is -2.38. The highest BCUT2D eigenvalue weighted by molar-refractivity contribution is 6.30. The van der Waals surface area contributed by atoms with E-state index in [0.29, 0.717) is 56.5 Å². The van der Waals surface area contributed by atoms with E-state index in [-0.39, 0.29) is 23.8 Å². The lowest BCUT2D eigenvalue weighted by atomic mass is 9.96. The van der Waals surface area contributed by atoms with Gasteiger partial charge in [0, 0.05) is 56.0 Å². The highest BCUT2D eigenvalue weighted by atomic mass is 35.5. The van der Waals surface area contributed by atoms with Crippen LogP contribution >= 0.6 is 11.6 Å². The molecule has 3 heterocycles. The van der Waals surface area contributed by atoms with Crippen molar-refractivity contribution in [3.05, 3.63) is 52.4 Å². The minimum absolute atomic E-state index is 0.0980. The summed E-state index contributed by atoms with van der Waals surface area (Å²) in [6.45, 7) is 6.55. The molecule has 2 saturated heterocycles. The zero-order valence-electron chi connectivity index (χ0n) is 19.4. The number of alkyl halides is 1. The van der Waals surface area contributed by atoms with E-state index in [1.165, 1.54) is 6.33 Å². The Hall–Kier alpha value is -2.29. The van der Waals surface area contributed by atoms with Gasteiger partial charge in [0.25, 0.3) is 0 Å². The highest BCUT2D eigenvalue weighted by Crippen LogP contribution is 2.44. The van der Waals surface area contributed by atoms with Gasteiger partial charge in [-0.3, -0.25) is 4.79 Å². The molecule has 7 nitrogen and oxygen atoms in total. The van der Waals surface area contributed by atoms with E-state index in [1.54, 1.807) is 0 Å². The Morgan fingerprint density at radius 1 is 1.24 bits per heavy atom. The van der Waals surface area contributed by atoms with Crippen LogP contribution in [0.25, 0.3) is 0 Å². The second kappa shape index (κ2) is 10.1. The highest BCUT2D eigenvalue weighted by Gasteiger charge is 2.36. The van der Waals surface area contributed by atoms with Crippen LogP contribution in [0.3, 0.4) is 0 Å². The lowest BCUT2D eigenvalue weighted by Crippen LogP contribution is -2.51. The van der Waals surface area contributed by atoms with Crippen molar-refractivity contribution in [2.75, 3.05) is 50.8 Å². The minimum Gasteiger partial charge on any atom is -0.380 e. The molecule has 0 saturated carbocycles. The van der Waals surface area contributed by atoms with Gasteiger partial charge in [-0.05, 0) is 36.5 Å². The Labute approximate surface area is 204 Å². The van der Waals surface area contributed by atoms with Crippen molar-refractivity contribution < 1.29 is 13.9 Å². The van der Waals surface area contributed by atoms with Crippen LogP contribution in [-0.4, -0.2) is 72.8 Å². The molecule has 1 unspecified atom stereocenters. The number of ether oxygens (including phenoxy) is 1. The third-order valence-electron chi connectivity index (χ3n) is 7.25. The molecule has 1 N–H and O–H groups in total. The first-order valence-electron chi connectivity index (χ1n) is 12.1. The van der Waals surface area contributed by atoms with E-state index >= 15 is 0 Å². The summed E-state index contributed by atoms with van der Waals surface area (Å²) in [4.78, 5) is 26.5. The minimum atomic E-state index is -1.02. The van der Waals surface area contributed by atoms with E-state index in [2.05, 4.69) is 20.2 Å². The molecule has 2 aromatic rings. The van der Waals surface area contributed by atoms with Gasteiger partial charge in [0.2, 0.25) is 5.91 Å². The van der Waals surface area contributed by atoms with E-state index in [1.807, 2.05) is 36.1 Å². The van der Waals surface area contributed by atoms with Crippen LogP contribution in [0.5, 0.6) is 0 Å². The first-order chi connectivity index (χ1) is 16.5. The number of aromatic nitrogens is 2. The van der Waals surface area contributed by atoms with Crippen molar-refractivity contribution in [2.45, 2.75) is 43.8 Å².